The predicted octanol–water partition coefficient (Wildman–Crippen LogP) is 4.45. The van der Waals surface area contributed by atoms with Crippen LogP contribution >= 0.6 is 12.6 Å². The fourth-order valence-electron chi connectivity index (χ4n) is 0.759. The average Bonchev–Trinajstić information content (AvgIpc) is 2.02. The Morgan fingerprint density at radius 3 is 2.07 bits per heavy atom. The second kappa shape index (κ2) is 7.45. The topological polar surface area (TPSA) is 0 Å². The van der Waals surface area contributed by atoms with Gasteiger partial charge in [0.1, 0.15) is 0 Å². The third-order valence-electron chi connectivity index (χ3n) is 1.44. The number of allylic oxidation sites excluding steroid dienone is 8. The Hall–Kier alpha value is -0.950. The molecule has 0 amide bonds. The molecule has 0 saturated heterocycles. The highest BCUT2D eigenvalue weighted by Crippen LogP contribution is 2.01. The van der Waals surface area contributed by atoms with Crippen LogP contribution in [0.3, 0.4) is 0 Å². The van der Waals surface area contributed by atoms with Crippen LogP contribution in [0.4, 0.5) is 0 Å². The summed E-state index contributed by atoms with van der Waals surface area (Å²) in [6.45, 7) is 9.87. The van der Waals surface area contributed by atoms with Gasteiger partial charge in [0, 0.05) is 0 Å². The molecule has 0 radical (unpaired) electrons. The highest BCUT2D eigenvalue weighted by Gasteiger charge is 1.78. The monoisotopic (exact) mass is 206 g/mol. The van der Waals surface area contributed by atoms with Gasteiger partial charge in [-0.3, -0.25) is 0 Å². The Morgan fingerprint density at radius 2 is 1.57 bits per heavy atom. The second-order valence-electron chi connectivity index (χ2n) is 3.36. The third-order valence-corrected chi connectivity index (χ3v) is 1.59. The van der Waals surface area contributed by atoms with Gasteiger partial charge in [-0.15, -0.1) is 12.6 Å². The quantitative estimate of drug-likeness (QED) is 0.509. The van der Waals surface area contributed by atoms with Crippen molar-refractivity contribution in [2.24, 2.45) is 0 Å². The van der Waals surface area contributed by atoms with Crippen LogP contribution in [-0.2, 0) is 0 Å². The average molecular weight is 206 g/mol. The van der Waals surface area contributed by atoms with E-state index in [1.165, 1.54) is 11.1 Å². The molecule has 0 atom stereocenters. The molecule has 0 fully saturated rings. The van der Waals surface area contributed by atoms with Crippen molar-refractivity contribution >= 4 is 12.6 Å². The van der Waals surface area contributed by atoms with E-state index >= 15 is 0 Å². The van der Waals surface area contributed by atoms with Gasteiger partial charge in [0.15, 0.2) is 0 Å². The highest BCUT2D eigenvalue weighted by atomic mass is 32.1. The fraction of sp³-hybridized carbons (Fsp3) is 0.231. The van der Waals surface area contributed by atoms with Crippen molar-refractivity contribution in [2.45, 2.75) is 20.8 Å². The van der Waals surface area contributed by atoms with Crippen molar-refractivity contribution in [2.75, 3.05) is 0 Å². The molecule has 0 aliphatic heterocycles. The molecule has 76 valence electrons. The van der Waals surface area contributed by atoms with Crippen molar-refractivity contribution in [3.8, 4) is 0 Å². The van der Waals surface area contributed by atoms with Gasteiger partial charge in [-0.2, -0.15) is 0 Å². The summed E-state index contributed by atoms with van der Waals surface area (Å²) in [4.78, 5) is 0.766. The minimum absolute atomic E-state index is 0.766. The second-order valence-corrected chi connectivity index (χ2v) is 3.94. The summed E-state index contributed by atoms with van der Waals surface area (Å²) in [7, 11) is 0. The molecule has 0 N–H and O–H groups in total. The van der Waals surface area contributed by atoms with Crippen LogP contribution in [-0.4, -0.2) is 0 Å². The zero-order valence-electron chi connectivity index (χ0n) is 9.12. The van der Waals surface area contributed by atoms with E-state index in [-0.39, 0.29) is 0 Å². The molecule has 0 heterocycles. The molecule has 0 aromatic rings. The highest BCUT2D eigenvalue weighted by molar-refractivity contribution is 7.84. The maximum absolute atomic E-state index is 4.06. The molecule has 0 aromatic carbocycles. The molecule has 0 aliphatic rings. The maximum atomic E-state index is 4.06. The first kappa shape index (κ1) is 13.1. The van der Waals surface area contributed by atoms with Gasteiger partial charge in [0.25, 0.3) is 0 Å². The first-order valence-electron chi connectivity index (χ1n) is 4.57. The summed E-state index contributed by atoms with van der Waals surface area (Å²) in [5.74, 6) is 0. The summed E-state index contributed by atoms with van der Waals surface area (Å²) in [5, 5.41) is 0. The minimum Gasteiger partial charge on any atom is -0.144 e. The normalized spacial score (nSPS) is 12.4. The van der Waals surface area contributed by atoms with E-state index in [1.807, 2.05) is 24.3 Å². The molecule has 1 heteroatoms. The summed E-state index contributed by atoms with van der Waals surface area (Å²) in [6, 6.07) is 0. The summed E-state index contributed by atoms with van der Waals surface area (Å²) >= 11 is 4.06. The minimum atomic E-state index is 0.766. The molecule has 0 saturated carbocycles. The van der Waals surface area contributed by atoms with Crippen LogP contribution in [0.15, 0.2) is 59.1 Å². The number of hydrogen-bond acceptors (Lipinski definition) is 1. The Labute approximate surface area is 92.8 Å². The lowest BCUT2D eigenvalue weighted by atomic mass is 10.2. The van der Waals surface area contributed by atoms with Crippen LogP contribution in [0.1, 0.15) is 20.8 Å². The van der Waals surface area contributed by atoms with E-state index in [0.717, 1.165) is 4.91 Å². The Bertz CT molecular complexity index is 297. The van der Waals surface area contributed by atoms with E-state index in [2.05, 4.69) is 52.1 Å². The van der Waals surface area contributed by atoms with Gasteiger partial charge in [-0.25, -0.2) is 0 Å². The first-order valence-corrected chi connectivity index (χ1v) is 5.01. The van der Waals surface area contributed by atoms with Crippen molar-refractivity contribution in [1.82, 2.24) is 0 Å². The largest absolute Gasteiger partial charge is 0.144 e. The third kappa shape index (κ3) is 9.14. The maximum Gasteiger partial charge on any atom is -0.00320 e. The van der Waals surface area contributed by atoms with Crippen molar-refractivity contribution < 1.29 is 0 Å². The lowest BCUT2D eigenvalue weighted by Gasteiger charge is -1.88. The van der Waals surface area contributed by atoms with Crippen LogP contribution in [0.25, 0.3) is 0 Å². The van der Waals surface area contributed by atoms with Gasteiger partial charge in [0.2, 0.25) is 0 Å². The van der Waals surface area contributed by atoms with Crippen molar-refractivity contribution in [1.29, 1.82) is 0 Å². The SMILES string of the molecule is C=C(S)\C=C/C=C(C)/C=C\C=C(C)C. The zero-order chi connectivity index (χ0) is 11.0. The van der Waals surface area contributed by atoms with Gasteiger partial charge in [-0.1, -0.05) is 48.1 Å². The van der Waals surface area contributed by atoms with Gasteiger partial charge in [-0.05, 0) is 31.8 Å². The molecule has 14 heavy (non-hydrogen) atoms. The lowest BCUT2D eigenvalue weighted by molar-refractivity contribution is 1.39. The van der Waals surface area contributed by atoms with Crippen LogP contribution < -0.4 is 0 Å². The van der Waals surface area contributed by atoms with E-state index in [0.29, 0.717) is 0 Å². The summed E-state index contributed by atoms with van der Waals surface area (Å²) < 4.78 is 0. The van der Waals surface area contributed by atoms with Gasteiger partial charge < -0.3 is 0 Å². The molecule has 0 aliphatic carbocycles. The smallest absolute Gasteiger partial charge is 0.00320 e. The predicted molar refractivity (Wildman–Crippen MR) is 69.6 cm³/mol. The lowest BCUT2D eigenvalue weighted by Crippen LogP contribution is -1.66. The molecule has 0 bridgehead atoms. The molecule has 0 nitrogen and oxygen atoms in total. The Kier molecular flexibility index (Phi) is 6.95. The van der Waals surface area contributed by atoms with E-state index < -0.39 is 0 Å². The van der Waals surface area contributed by atoms with Gasteiger partial charge in [0.05, 0.1) is 0 Å². The first-order chi connectivity index (χ1) is 6.52. The molecule has 0 aromatic heterocycles. The van der Waals surface area contributed by atoms with Gasteiger partial charge >= 0.3 is 0 Å². The fourth-order valence-corrected chi connectivity index (χ4v) is 0.845. The number of thiol groups is 1. The van der Waals surface area contributed by atoms with E-state index in [1.54, 1.807) is 0 Å². The number of hydrogen-bond donors (Lipinski definition) is 1. The Balaban J connectivity index is 4.20. The number of rotatable bonds is 4. The Morgan fingerprint density at radius 1 is 1.00 bits per heavy atom. The molecule has 0 unspecified atom stereocenters. The standard InChI is InChI=1S/C13H18S/c1-11(2)7-5-8-12(3)9-6-10-13(4)14/h5-10,14H,4H2,1-3H3/b8-5-,10-6-,12-9+. The molecular weight excluding hydrogens is 188 g/mol. The molecular formula is C13H18S. The summed E-state index contributed by atoms with van der Waals surface area (Å²) in [6.07, 6.45) is 12.0. The van der Waals surface area contributed by atoms with Crippen molar-refractivity contribution in [3.63, 3.8) is 0 Å². The molecule has 0 rings (SSSR count). The van der Waals surface area contributed by atoms with Crippen LogP contribution in [0, 0.1) is 0 Å². The zero-order valence-corrected chi connectivity index (χ0v) is 10.0. The van der Waals surface area contributed by atoms with E-state index in [4.69, 9.17) is 0 Å². The van der Waals surface area contributed by atoms with Crippen LogP contribution in [0.5, 0.6) is 0 Å². The van der Waals surface area contributed by atoms with Crippen molar-refractivity contribution in [3.05, 3.63) is 59.1 Å². The van der Waals surface area contributed by atoms with E-state index in [9.17, 15) is 0 Å². The van der Waals surface area contributed by atoms with Crippen LogP contribution in [0.2, 0.25) is 0 Å². The molecule has 0 spiro atoms. The summed E-state index contributed by atoms with van der Waals surface area (Å²) in [5.41, 5.74) is 2.50.